The number of likely N-dealkylation sites (tertiary alicyclic amines) is 1. The van der Waals surface area contributed by atoms with Crippen LogP contribution in [0, 0.1) is 17.8 Å². The molecule has 0 aliphatic carbocycles. The van der Waals surface area contributed by atoms with Crippen LogP contribution in [-0.2, 0) is 0 Å². The van der Waals surface area contributed by atoms with Gasteiger partial charge < -0.3 is 15.3 Å². The second kappa shape index (κ2) is 7.44. The Morgan fingerprint density at radius 1 is 1.55 bits per heavy atom. The maximum atomic E-state index is 12.0. The lowest BCUT2D eigenvalue weighted by molar-refractivity contribution is 0.0939. The molecule has 0 atom stereocenters. The van der Waals surface area contributed by atoms with Crippen molar-refractivity contribution in [3.8, 4) is 11.8 Å². The van der Waals surface area contributed by atoms with Gasteiger partial charge in [-0.2, -0.15) is 0 Å². The van der Waals surface area contributed by atoms with Crippen molar-refractivity contribution >= 4 is 17.2 Å². The van der Waals surface area contributed by atoms with Crippen molar-refractivity contribution in [2.45, 2.75) is 12.8 Å². The van der Waals surface area contributed by atoms with Gasteiger partial charge in [0.1, 0.15) is 6.61 Å². The van der Waals surface area contributed by atoms with E-state index in [1.165, 1.54) is 11.3 Å². The van der Waals surface area contributed by atoms with Crippen LogP contribution in [0.4, 0.5) is 0 Å². The Bertz CT molecular complexity index is 507. The zero-order valence-corrected chi connectivity index (χ0v) is 12.5. The lowest BCUT2D eigenvalue weighted by atomic mass is 9.97. The maximum absolute atomic E-state index is 12.0. The minimum Gasteiger partial charge on any atom is -0.384 e. The van der Waals surface area contributed by atoms with E-state index < -0.39 is 0 Å². The van der Waals surface area contributed by atoms with Gasteiger partial charge in [-0.1, -0.05) is 11.8 Å². The Hall–Kier alpha value is -1.35. The summed E-state index contributed by atoms with van der Waals surface area (Å²) in [6.45, 7) is 2.81. The lowest BCUT2D eigenvalue weighted by Crippen LogP contribution is -2.36. The van der Waals surface area contributed by atoms with E-state index >= 15 is 0 Å². The number of hydrogen-bond donors (Lipinski definition) is 2. The molecule has 1 fully saturated rings. The summed E-state index contributed by atoms with van der Waals surface area (Å²) in [5, 5.41) is 13.5. The molecule has 1 amide bonds. The van der Waals surface area contributed by atoms with Gasteiger partial charge in [0.15, 0.2) is 0 Å². The van der Waals surface area contributed by atoms with Crippen LogP contribution >= 0.6 is 11.3 Å². The Kier molecular flexibility index (Phi) is 5.60. The van der Waals surface area contributed by atoms with Crippen LogP contribution in [0.5, 0.6) is 0 Å². The predicted molar refractivity (Wildman–Crippen MR) is 80.8 cm³/mol. The second-order valence-corrected chi connectivity index (χ2v) is 6.03. The summed E-state index contributed by atoms with van der Waals surface area (Å²) in [6.07, 6.45) is 2.29. The molecule has 1 aromatic rings. The minimum absolute atomic E-state index is 0.0303. The van der Waals surface area contributed by atoms with Gasteiger partial charge in [0, 0.05) is 11.9 Å². The smallest absolute Gasteiger partial charge is 0.252 e. The molecule has 5 heteroatoms. The molecule has 0 saturated carbocycles. The number of aliphatic hydroxyl groups excluding tert-OH is 1. The van der Waals surface area contributed by atoms with Crippen LogP contribution in [0.1, 0.15) is 28.1 Å². The van der Waals surface area contributed by atoms with Gasteiger partial charge in [0.2, 0.25) is 0 Å². The Balaban J connectivity index is 1.81. The summed E-state index contributed by atoms with van der Waals surface area (Å²) in [7, 11) is 2.13. The summed E-state index contributed by atoms with van der Waals surface area (Å²) in [5.74, 6) is 5.95. The van der Waals surface area contributed by atoms with E-state index in [0.29, 0.717) is 11.5 Å². The summed E-state index contributed by atoms with van der Waals surface area (Å²) in [6, 6.07) is 1.78. The van der Waals surface area contributed by atoms with Crippen molar-refractivity contribution in [1.29, 1.82) is 0 Å². The molecule has 4 nitrogen and oxygen atoms in total. The highest BCUT2D eigenvalue weighted by molar-refractivity contribution is 7.10. The average molecular weight is 292 g/mol. The van der Waals surface area contributed by atoms with E-state index in [0.717, 1.165) is 37.4 Å². The molecule has 1 aromatic heterocycles. The first-order valence-corrected chi connectivity index (χ1v) is 7.72. The Morgan fingerprint density at radius 2 is 2.30 bits per heavy atom. The number of nitrogens with zero attached hydrogens (tertiary/aromatic N) is 1. The fraction of sp³-hybridized carbons (Fsp3) is 0.533. The highest BCUT2D eigenvalue weighted by Gasteiger charge is 2.17. The molecule has 0 unspecified atom stereocenters. The number of thiophene rings is 1. The Labute approximate surface area is 123 Å². The lowest BCUT2D eigenvalue weighted by Gasteiger charge is -2.28. The molecule has 2 N–H and O–H groups in total. The third-order valence-electron chi connectivity index (χ3n) is 3.54. The number of carbonyl (C=O) groups excluding carboxylic acids is 1. The van der Waals surface area contributed by atoms with Gasteiger partial charge in [-0.15, -0.1) is 11.3 Å². The highest BCUT2D eigenvalue weighted by atomic mass is 32.1. The molecule has 0 radical (unpaired) electrons. The first-order valence-electron chi connectivity index (χ1n) is 6.84. The van der Waals surface area contributed by atoms with Gasteiger partial charge in [0.05, 0.1) is 10.4 Å². The summed E-state index contributed by atoms with van der Waals surface area (Å²) < 4.78 is 0. The molecule has 1 aliphatic rings. The number of hydrogen-bond acceptors (Lipinski definition) is 4. The van der Waals surface area contributed by atoms with Crippen LogP contribution < -0.4 is 5.32 Å². The van der Waals surface area contributed by atoms with E-state index in [4.69, 9.17) is 5.11 Å². The SMILES string of the molecule is CN1CCC(CNC(=O)c2csc(C#CCO)c2)CC1. The third kappa shape index (κ3) is 4.34. The molecular formula is C15H20N2O2S. The number of rotatable bonds is 3. The highest BCUT2D eigenvalue weighted by Crippen LogP contribution is 2.16. The summed E-state index contributed by atoms with van der Waals surface area (Å²) in [5.41, 5.74) is 0.658. The van der Waals surface area contributed by atoms with Crippen LogP contribution in [0.15, 0.2) is 11.4 Å². The number of nitrogens with one attached hydrogen (secondary N) is 1. The fourth-order valence-corrected chi connectivity index (χ4v) is 3.01. The molecule has 0 spiro atoms. The molecule has 0 aromatic carbocycles. The molecular weight excluding hydrogens is 272 g/mol. The fourth-order valence-electron chi connectivity index (χ4n) is 2.25. The van der Waals surface area contributed by atoms with Gasteiger partial charge in [-0.05, 0) is 45.0 Å². The van der Waals surface area contributed by atoms with Crippen molar-refractivity contribution in [2.75, 3.05) is 33.3 Å². The van der Waals surface area contributed by atoms with Crippen molar-refractivity contribution in [3.05, 3.63) is 21.9 Å². The number of piperidine rings is 1. The van der Waals surface area contributed by atoms with E-state index in [9.17, 15) is 4.79 Å². The zero-order valence-electron chi connectivity index (χ0n) is 11.7. The molecule has 1 aliphatic heterocycles. The van der Waals surface area contributed by atoms with Gasteiger partial charge >= 0.3 is 0 Å². The number of amides is 1. The van der Waals surface area contributed by atoms with Crippen molar-refractivity contribution in [3.63, 3.8) is 0 Å². The molecule has 108 valence electrons. The van der Waals surface area contributed by atoms with E-state index in [-0.39, 0.29) is 12.5 Å². The van der Waals surface area contributed by atoms with Crippen molar-refractivity contribution in [2.24, 2.45) is 5.92 Å². The van der Waals surface area contributed by atoms with Crippen molar-refractivity contribution in [1.82, 2.24) is 10.2 Å². The molecule has 2 rings (SSSR count). The third-order valence-corrected chi connectivity index (χ3v) is 4.39. The maximum Gasteiger partial charge on any atom is 0.252 e. The monoisotopic (exact) mass is 292 g/mol. The topological polar surface area (TPSA) is 52.6 Å². The molecule has 0 bridgehead atoms. The standard InChI is InChI=1S/C15H20N2O2S/c1-17-6-4-12(5-7-17)10-16-15(19)13-9-14(20-11-13)3-2-8-18/h9,11-12,18H,4-8,10H2,1H3,(H,16,19). The second-order valence-electron chi connectivity index (χ2n) is 5.12. The van der Waals surface area contributed by atoms with Crippen LogP contribution in [-0.4, -0.2) is 49.2 Å². The first-order chi connectivity index (χ1) is 9.69. The van der Waals surface area contributed by atoms with Gasteiger partial charge in [-0.25, -0.2) is 0 Å². The van der Waals surface area contributed by atoms with E-state index in [1.807, 2.05) is 5.38 Å². The van der Waals surface area contributed by atoms with E-state index in [2.05, 4.69) is 29.1 Å². The van der Waals surface area contributed by atoms with Crippen LogP contribution in [0.25, 0.3) is 0 Å². The number of carbonyl (C=O) groups is 1. The Morgan fingerprint density at radius 3 is 3.00 bits per heavy atom. The van der Waals surface area contributed by atoms with Crippen molar-refractivity contribution < 1.29 is 9.90 Å². The zero-order chi connectivity index (χ0) is 14.4. The quantitative estimate of drug-likeness (QED) is 0.822. The van der Waals surface area contributed by atoms with Crippen LogP contribution in [0.3, 0.4) is 0 Å². The largest absolute Gasteiger partial charge is 0.384 e. The normalized spacial score (nSPS) is 16.5. The number of aliphatic hydroxyl groups is 1. The summed E-state index contributed by atoms with van der Waals surface area (Å²) in [4.78, 5) is 15.2. The molecule has 20 heavy (non-hydrogen) atoms. The molecule has 2 heterocycles. The molecule has 1 saturated heterocycles. The average Bonchev–Trinajstić information content (AvgIpc) is 2.93. The van der Waals surface area contributed by atoms with Gasteiger partial charge in [0.25, 0.3) is 5.91 Å². The van der Waals surface area contributed by atoms with Gasteiger partial charge in [-0.3, -0.25) is 4.79 Å². The van der Waals surface area contributed by atoms with E-state index in [1.54, 1.807) is 6.07 Å². The van der Waals surface area contributed by atoms with Crippen LogP contribution in [0.2, 0.25) is 0 Å². The predicted octanol–water partition coefficient (Wildman–Crippen LogP) is 1.16. The summed E-state index contributed by atoms with van der Waals surface area (Å²) >= 11 is 1.43. The minimum atomic E-state index is -0.157. The first kappa shape index (κ1) is 15.0.